The van der Waals surface area contributed by atoms with Crippen molar-refractivity contribution in [3.05, 3.63) is 0 Å². The average molecular weight is 215 g/mol. The van der Waals surface area contributed by atoms with Crippen molar-refractivity contribution < 1.29 is 4.79 Å². The predicted octanol–water partition coefficient (Wildman–Crippen LogP) is 0.395. The first-order valence-electron chi connectivity index (χ1n) is 5.52. The van der Waals surface area contributed by atoms with Gasteiger partial charge in [0.05, 0.1) is 0 Å². The number of amides is 1. The van der Waals surface area contributed by atoms with Crippen LogP contribution in [0.5, 0.6) is 0 Å². The van der Waals surface area contributed by atoms with Gasteiger partial charge in [-0.25, -0.2) is 0 Å². The standard InChI is InChI=1S/C11H25N3O/c1-10(13(2)3)9-12-8-6-7-11(15)14(4)5/h10,12H,6-9H2,1-5H3. The second kappa shape index (κ2) is 7.65. The Morgan fingerprint density at radius 3 is 2.33 bits per heavy atom. The summed E-state index contributed by atoms with van der Waals surface area (Å²) in [6.07, 6.45) is 1.55. The molecule has 0 radical (unpaired) electrons. The van der Waals surface area contributed by atoms with Gasteiger partial charge in [0, 0.05) is 33.1 Å². The minimum absolute atomic E-state index is 0.206. The van der Waals surface area contributed by atoms with Gasteiger partial charge in [-0.2, -0.15) is 0 Å². The fourth-order valence-electron chi connectivity index (χ4n) is 1.08. The van der Waals surface area contributed by atoms with Gasteiger partial charge in [-0.05, 0) is 34.0 Å². The summed E-state index contributed by atoms with van der Waals surface area (Å²) in [6.45, 7) is 4.07. The Labute approximate surface area is 93.6 Å². The summed E-state index contributed by atoms with van der Waals surface area (Å²) in [5.74, 6) is 0.206. The summed E-state index contributed by atoms with van der Waals surface area (Å²) >= 11 is 0. The van der Waals surface area contributed by atoms with Crippen molar-refractivity contribution in [3.8, 4) is 0 Å². The van der Waals surface area contributed by atoms with Crippen molar-refractivity contribution in [1.29, 1.82) is 0 Å². The van der Waals surface area contributed by atoms with E-state index in [9.17, 15) is 4.79 Å². The minimum Gasteiger partial charge on any atom is -0.349 e. The maximum absolute atomic E-state index is 11.2. The van der Waals surface area contributed by atoms with Gasteiger partial charge >= 0.3 is 0 Å². The lowest BCUT2D eigenvalue weighted by Crippen LogP contribution is -2.36. The molecule has 0 aliphatic heterocycles. The number of carbonyl (C=O) groups is 1. The van der Waals surface area contributed by atoms with Gasteiger partial charge in [0.1, 0.15) is 0 Å². The fourth-order valence-corrected chi connectivity index (χ4v) is 1.08. The average Bonchev–Trinajstić information content (AvgIpc) is 2.16. The first-order valence-corrected chi connectivity index (χ1v) is 5.52. The third kappa shape index (κ3) is 7.33. The van der Waals surface area contributed by atoms with Crippen LogP contribution in [0.4, 0.5) is 0 Å². The molecule has 0 rings (SSSR count). The molecule has 4 heteroatoms. The Balaban J connectivity index is 3.36. The van der Waals surface area contributed by atoms with E-state index in [2.05, 4.69) is 31.2 Å². The van der Waals surface area contributed by atoms with Crippen molar-refractivity contribution >= 4 is 5.91 Å². The summed E-state index contributed by atoms with van der Waals surface area (Å²) in [4.78, 5) is 15.1. The van der Waals surface area contributed by atoms with Gasteiger partial charge < -0.3 is 15.1 Å². The molecule has 0 aliphatic rings. The Hall–Kier alpha value is -0.610. The third-order valence-electron chi connectivity index (χ3n) is 2.56. The minimum atomic E-state index is 0.206. The van der Waals surface area contributed by atoms with Gasteiger partial charge in [0.25, 0.3) is 0 Å². The van der Waals surface area contributed by atoms with Gasteiger partial charge in [-0.15, -0.1) is 0 Å². The number of hydrogen-bond donors (Lipinski definition) is 1. The molecule has 0 heterocycles. The number of nitrogens with one attached hydrogen (secondary N) is 1. The summed E-state index contributed by atoms with van der Waals surface area (Å²) in [6, 6.07) is 0.537. The zero-order chi connectivity index (χ0) is 11.8. The quantitative estimate of drug-likeness (QED) is 0.624. The molecule has 0 aromatic carbocycles. The molecule has 0 saturated heterocycles. The summed E-state index contributed by atoms with van der Waals surface area (Å²) in [5.41, 5.74) is 0. The number of rotatable bonds is 7. The molecule has 1 unspecified atom stereocenters. The summed E-state index contributed by atoms with van der Waals surface area (Å²) < 4.78 is 0. The van der Waals surface area contributed by atoms with Gasteiger partial charge in [0.2, 0.25) is 5.91 Å². The van der Waals surface area contributed by atoms with E-state index in [0.29, 0.717) is 12.5 Å². The van der Waals surface area contributed by atoms with E-state index in [-0.39, 0.29) is 5.91 Å². The Kier molecular flexibility index (Phi) is 7.34. The van der Waals surface area contributed by atoms with Gasteiger partial charge in [-0.3, -0.25) is 4.79 Å². The van der Waals surface area contributed by atoms with Crippen LogP contribution in [0.3, 0.4) is 0 Å². The highest BCUT2D eigenvalue weighted by atomic mass is 16.2. The van der Waals surface area contributed by atoms with E-state index in [4.69, 9.17) is 0 Å². The fraction of sp³-hybridized carbons (Fsp3) is 0.909. The first-order chi connectivity index (χ1) is 6.95. The summed E-state index contributed by atoms with van der Waals surface area (Å²) in [7, 11) is 7.73. The second-order valence-electron chi connectivity index (χ2n) is 4.41. The maximum atomic E-state index is 11.2. The zero-order valence-electron chi connectivity index (χ0n) is 10.7. The molecule has 0 aromatic heterocycles. The van der Waals surface area contributed by atoms with E-state index in [0.717, 1.165) is 19.5 Å². The van der Waals surface area contributed by atoms with Crippen LogP contribution in [0.2, 0.25) is 0 Å². The van der Waals surface area contributed by atoms with Gasteiger partial charge in [-0.1, -0.05) is 0 Å². The van der Waals surface area contributed by atoms with E-state index >= 15 is 0 Å². The smallest absolute Gasteiger partial charge is 0.222 e. The topological polar surface area (TPSA) is 35.6 Å². The Morgan fingerprint density at radius 1 is 1.27 bits per heavy atom. The molecule has 0 fully saturated rings. The van der Waals surface area contributed by atoms with Crippen LogP contribution >= 0.6 is 0 Å². The molecule has 1 atom stereocenters. The molecule has 1 N–H and O–H groups in total. The largest absolute Gasteiger partial charge is 0.349 e. The number of likely N-dealkylation sites (N-methyl/N-ethyl adjacent to an activating group) is 1. The number of nitrogens with zero attached hydrogens (tertiary/aromatic N) is 2. The van der Waals surface area contributed by atoms with Crippen LogP contribution < -0.4 is 5.32 Å². The number of hydrogen-bond acceptors (Lipinski definition) is 3. The molecule has 0 aromatic rings. The van der Waals surface area contributed by atoms with Crippen molar-refractivity contribution in [1.82, 2.24) is 15.1 Å². The normalized spacial score (nSPS) is 12.9. The Bertz CT molecular complexity index is 181. The van der Waals surface area contributed by atoms with Crippen LogP contribution in [0, 0.1) is 0 Å². The number of carbonyl (C=O) groups excluding carboxylic acids is 1. The van der Waals surface area contributed by atoms with Gasteiger partial charge in [0.15, 0.2) is 0 Å². The molecule has 0 saturated carbocycles. The van der Waals surface area contributed by atoms with Crippen molar-refractivity contribution in [2.75, 3.05) is 41.3 Å². The van der Waals surface area contributed by atoms with Crippen molar-refractivity contribution in [2.45, 2.75) is 25.8 Å². The van der Waals surface area contributed by atoms with Crippen LogP contribution in [0.1, 0.15) is 19.8 Å². The van der Waals surface area contributed by atoms with Crippen molar-refractivity contribution in [3.63, 3.8) is 0 Å². The lowest BCUT2D eigenvalue weighted by molar-refractivity contribution is -0.128. The molecule has 0 bridgehead atoms. The highest BCUT2D eigenvalue weighted by Gasteiger charge is 2.04. The van der Waals surface area contributed by atoms with Crippen LogP contribution in [0.15, 0.2) is 0 Å². The van der Waals surface area contributed by atoms with Crippen LogP contribution in [-0.4, -0.2) is 63.0 Å². The molecule has 0 aliphatic carbocycles. The van der Waals surface area contributed by atoms with Crippen LogP contribution in [0.25, 0.3) is 0 Å². The molecule has 90 valence electrons. The first kappa shape index (κ1) is 14.4. The molecular weight excluding hydrogens is 190 g/mol. The predicted molar refractivity (Wildman–Crippen MR) is 63.9 cm³/mol. The summed E-state index contributed by atoms with van der Waals surface area (Å²) in [5, 5.41) is 3.35. The molecule has 0 spiro atoms. The SMILES string of the molecule is CC(CNCCCC(=O)N(C)C)N(C)C. The Morgan fingerprint density at radius 2 is 1.87 bits per heavy atom. The lowest BCUT2D eigenvalue weighted by Gasteiger charge is -2.20. The molecule has 15 heavy (non-hydrogen) atoms. The lowest BCUT2D eigenvalue weighted by atomic mass is 10.2. The van der Waals surface area contributed by atoms with E-state index in [1.54, 1.807) is 19.0 Å². The molecular formula is C11H25N3O. The highest BCUT2D eigenvalue weighted by Crippen LogP contribution is 1.93. The molecule has 1 amide bonds. The second-order valence-corrected chi connectivity index (χ2v) is 4.41. The third-order valence-corrected chi connectivity index (χ3v) is 2.56. The monoisotopic (exact) mass is 215 g/mol. The highest BCUT2D eigenvalue weighted by molar-refractivity contribution is 5.75. The van der Waals surface area contributed by atoms with E-state index in [1.165, 1.54) is 0 Å². The molecule has 4 nitrogen and oxygen atoms in total. The van der Waals surface area contributed by atoms with E-state index in [1.807, 2.05) is 0 Å². The zero-order valence-corrected chi connectivity index (χ0v) is 10.7. The van der Waals surface area contributed by atoms with Crippen molar-refractivity contribution in [2.24, 2.45) is 0 Å². The van der Waals surface area contributed by atoms with Crippen LogP contribution in [-0.2, 0) is 4.79 Å². The van der Waals surface area contributed by atoms with E-state index < -0.39 is 0 Å². The maximum Gasteiger partial charge on any atom is 0.222 e.